The van der Waals surface area contributed by atoms with Gasteiger partial charge >= 0.3 is 0 Å². The van der Waals surface area contributed by atoms with Crippen molar-refractivity contribution < 1.29 is 19.3 Å². The lowest BCUT2D eigenvalue weighted by molar-refractivity contribution is -0.385. The molecule has 0 atom stereocenters. The van der Waals surface area contributed by atoms with Gasteiger partial charge in [-0.05, 0) is 74.6 Å². The van der Waals surface area contributed by atoms with E-state index in [0.29, 0.717) is 23.2 Å². The van der Waals surface area contributed by atoms with Crippen LogP contribution in [0.25, 0.3) is 27.8 Å². The number of carbonyl (C=O) groups is 3. The second kappa shape index (κ2) is 14.5. The molecule has 3 amide bonds. The fourth-order valence-corrected chi connectivity index (χ4v) is 5.27. The van der Waals surface area contributed by atoms with Gasteiger partial charge in [0.2, 0.25) is 0 Å². The van der Waals surface area contributed by atoms with E-state index in [0.717, 1.165) is 40.8 Å². The molecule has 0 bridgehead atoms. The van der Waals surface area contributed by atoms with Crippen LogP contribution in [0.15, 0.2) is 91.0 Å². The SMILES string of the molecule is CNCCCNC(=O)c1ccc(-c2nn(-c3ccc(C(=O)N(C)Cc4ccc(C(=O)NC)cc4[N+](=O)[O-])cc3)c3ccccc23)cc1. The zero-order valence-corrected chi connectivity index (χ0v) is 26.3. The Morgan fingerprint density at radius 2 is 1.53 bits per heavy atom. The lowest BCUT2D eigenvalue weighted by Gasteiger charge is -2.18. The summed E-state index contributed by atoms with van der Waals surface area (Å²) >= 11 is 0. The van der Waals surface area contributed by atoms with E-state index in [-0.39, 0.29) is 29.6 Å². The minimum atomic E-state index is -0.559. The number of fused-ring (bicyclic) bond motifs is 1. The van der Waals surface area contributed by atoms with Crippen molar-refractivity contribution >= 4 is 34.3 Å². The molecule has 0 saturated heterocycles. The molecule has 3 N–H and O–H groups in total. The van der Waals surface area contributed by atoms with Crippen LogP contribution in [0.4, 0.5) is 5.69 Å². The molecule has 0 radical (unpaired) electrons. The van der Waals surface area contributed by atoms with Crippen molar-refractivity contribution in [3.05, 3.63) is 123 Å². The first-order chi connectivity index (χ1) is 22.7. The van der Waals surface area contributed by atoms with Crippen molar-refractivity contribution in [3.8, 4) is 16.9 Å². The Kier molecular flexibility index (Phi) is 10.0. The fraction of sp³-hybridized carbons (Fsp3) is 0.200. The topological polar surface area (TPSA) is 152 Å². The molecule has 0 aliphatic heterocycles. The van der Waals surface area contributed by atoms with Crippen molar-refractivity contribution in [1.29, 1.82) is 0 Å². The third-order valence-electron chi connectivity index (χ3n) is 7.78. The highest BCUT2D eigenvalue weighted by atomic mass is 16.6. The van der Waals surface area contributed by atoms with Gasteiger partial charge in [0.15, 0.2) is 0 Å². The number of rotatable bonds is 12. The van der Waals surface area contributed by atoms with Crippen molar-refractivity contribution in [2.45, 2.75) is 13.0 Å². The Bertz CT molecular complexity index is 1930. The van der Waals surface area contributed by atoms with Crippen molar-refractivity contribution in [2.24, 2.45) is 0 Å². The van der Waals surface area contributed by atoms with E-state index in [9.17, 15) is 24.5 Å². The number of nitrogens with one attached hydrogen (secondary N) is 3. The summed E-state index contributed by atoms with van der Waals surface area (Å²) in [5.74, 6) is -0.881. The van der Waals surface area contributed by atoms with Crippen molar-refractivity contribution in [1.82, 2.24) is 30.6 Å². The zero-order valence-electron chi connectivity index (χ0n) is 26.3. The standard InChI is InChI=1S/C35H35N7O5/c1-36-19-6-20-38-34(44)24-11-9-23(10-12-24)32-29-7-4-5-8-30(29)41(39-32)28-17-15-25(16-18-28)35(45)40(3)22-27-14-13-26(33(43)37-2)21-31(27)42(46)47/h4-5,7-18,21,36H,6,19-20,22H2,1-3H3,(H,37,43)(H,38,44). The van der Waals surface area contributed by atoms with Gasteiger partial charge in [-0.2, -0.15) is 5.10 Å². The lowest BCUT2D eigenvalue weighted by Crippen LogP contribution is -2.26. The van der Waals surface area contributed by atoms with E-state index >= 15 is 0 Å². The van der Waals surface area contributed by atoms with E-state index in [2.05, 4.69) is 16.0 Å². The van der Waals surface area contributed by atoms with Crippen LogP contribution in [0.1, 0.15) is 43.1 Å². The summed E-state index contributed by atoms with van der Waals surface area (Å²) in [4.78, 5) is 50.3. The number of benzene rings is 4. The van der Waals surface area contributed by atoms with E-state index < -0.39 is 10.8 Å². The van der Waals surface area contributed by atoms with Crippen LogP contribution >= 0.6 is 0 Å². The Hall–Kier alpha value is -5.88. The van der Waals surface area contributed by atoms with Crippen LogP contribution < -0.4 is 16.0 Å². The quantitative estimate of drug-likeness (QED) is 0.103. The molecule has 1 heterocycles. The molecule has 5 aromatic rings. The summed E-state index contributed by atoms with van der Waals surface area (Å²) < 4.78 is 1.81. The summed E-state index contributed by atoms with van der Waals surface area (Å²) in [6.07, 6.45) is 0.844. The van der Waals surface area contributed by atoms with Crippen LogP contribution in [0.5, 0.6) is 0 Å². The molecule has 12 nitrogen and oxygen atoms in total. The monoisotopic (exact) mass is 633 g/mol. The molecule has 0 saturated carbocycles. The number of nitro groups is 1. The minimum absolute atomic E-state index is 0.0190. The third-order valence-corrected chi connectivity index (χ3v) is 7.78. The second-order valence-electron chi connectivity index (χ2n) is 11.0. The number of hydrogen-bond donors (Lipinski definition) is 3. The molecule has 0 aliphatic carbocycles. The number of para-hydroxylation sites is 1. The molecule has 1 aromatic heterocycles. The van der Waals surface area contributed by atoms with Crippen molar-refractivity contribution in [2.75, 3.05) is 34.2 Å². The van der Waals surface area contributed by atoms with Gasteiger partial charge in [0, 0.05) is 59.9 Å². The van der Waals surface area contributed by atoms with E-state index in [4.69, 9.17) is 5.10 Å². The normalized spacial score (nSPS) is 10.9. The van der Waals surface area contributed by atoms with Crippen molar-refractivity contribution in [3.63, 3.8) is 0 Å². The summed E-state index contributed by atoms with van der Waals surface area (Å²) in [6.45, 7) is 1.40. The molecular formula is C35H35N7O5. The molecule has 5 rings (SSSR count). The Morgan fingerprint density at radius 1 is 0.851 bits per heavy atom. The minimum Gasteiger partial charge on any atom is -0.355 e. The van der Waals surface area contributed by atoms with E-state index in [1.54, 1.807) is 43.4 Å². The summed E-state index contributed by atoms with van der Waals surface area (Å²) in [7, 11) is 4.89. The maximum Gasteiger partial charge on any atom is 0.275 e. The predicted octanol–water partition coefficient (Wildman–Crippen LogP) is 4.57. The van der Waals surface area contributed by atoms with Gasteiger partial charge in [0.05, 0.1) is 22.7 Å². The third kappa shape index (κ3) is 7.18. The molecule has 240 valence electrons. The van der Waals surface area contributed by atoms with Crippen LogP contribution in [0, 0.1) is 10.1 Å². The van der Waals surface area contributed by atoms with Gasteiger partial charge in [-0.3, -0.25) is 24.5 Å². The van der Waals surface area contributed by atoms with Gasteiger partial charge < -0.3 is 20.9 Å². The Labute approximate surface area is 271 Å². The molecule has 47 heavy (non-hydrogen) atoms. The average molecular weight is 634 g/mol. The Morgan fingerprint density at radius 3 is 2.21 bits per heavy atom. The number of hydrogen-bond acceptors (Lipinski definition) is 7. The fourth-order valence-electron chi connectivity index (χ4n) is 5.27. The summed E-state index contributed by atoms with van der Waals surface area (Å²) in [6, 6.07) is 26.4. The van der Waals surface area contributed by atoms with Crippen LogP contribution in [-0.4, -0.2) is 71.6 Å². The number of aromatic nitrogens is 2. The molecule has 4 aromatic carbocycles. The molecule has 0 spiro atoms. The largest absolute Gasteiger partial charge is 0.355 e. The van der Waals surface area contributed by atoms with Gasteiger partial charge in [-0.25, -0.2) is 4.68 Å². The Balaban J connectivity index is 1.35. The highest BCUT2D eigenvalue weighted by Crippen LogP contribution is 2.30. The highest BCUT2D eigenvalue weighted by Gasteiger charge is 2.21. The first-order valence-corrected chi connectivity index (χ1v) is 15.1. The smallest absolute Gasteiger partial charge is 0.275 e. The average Bonchev–Trinajstić information content (AvgIpc) is 3.49. The lowest BCUT2D eigenvalue weighted by atomic mass is 10.1. The number of nitrogens with zero attached hydrogens (tertiary/aromatic N) is 4. The molecule has 0 fully saturated rings. The number of nitro benzene ring substituents is 1. The van der Waals surface area contributed by atoms with Gasteiger partial charge in [-0.15, -0.1) is 0 Å². The van der Waals surface area contributed by atoms with Gasteiger partial charge in [0.25, 0.3) is 23.4 Å². The maximum absolute atomic E-state index is 13.3. The van der Waals surface area contributed by atoms with Crippen LogP contribution in [0.2, 0.25) is 0 Å². The summed E-state index contributed by atoms with van der Waals surface area (Å²) in [5, 5.41) is 26.0. The van der Waals surface area contributed by atoms with Gasteiger partial charge in [-0.1, -0.05) is 30.3 Å². The molecular weight excluding hydrogens is 598 g/mol. The van der Waals surface area contributed by atoms with E-state index in [1.165, 1.54) is 30.1 Å². The highest BCUT2D eigenvalue weighted by molar-refractivity contribution is 5.98. The number of amides is 3. The first kappa shape index (κ1) is 32.5. The van der Waals surface area contributed by atoms with Crippen LogP contribution in [0.3, 0.4) is 0 Å². The zero-order chi connectivity index (χ0) is 33.5. The summed E-state index contributed by atoms with van der Waals surface area (Å²) in [5.41, 5.74) is 4.44. The number of carbonyl (C=O) groups excluding carboxylic acids is 3. The second-order valence-corrected chi connectivity index (χ2v) is 11.0. The van der Waals surface area contributed by atoms with E-state index in [1.807, 2.05) is 48.1 Å². The first-order valence-electron chi connectivity index (χ1n) is 15.1. The van der Waals surface area contributed by atoms with Crippen LogP contribution in [-0.2, 0) is 6.54 Å². The molecule has 0 unspecified atom stereocenters. The van der Waals surface area contributed by atoms with Gasteiger partial charge in [0.1, 0.15) is 5.69 Å². The molecule has 12 heteroatoms. The molecule has 0 aliphatic rings. The predicted molar refractivity (Wildman–Crippen MR) is 180 cm³/mol. The maximum atomic E-state index is 13.3.